The van der Waals surface area contributed by atoms with Crippen LogP contribution < -0.4 is 0 Å². The van der Waals surface area contributed by atoms with Crippen molar-refractivity contribution in [3.05, 3.63) is 36.4 Å². The summed E-state index contributed by atoms with van der Waals surface area (Å²) >= 11 is 0. The van der Waals surface area contributed by atoms with Crippen LogP contribution >= 0.6 is 0 Å². The van der Waals surface area contributed by atoms with Gasteiger partial charge in [0.1, 0.15) is 0 Å². The number of aromatic nitrogens is 1. The van der Waals surface area contributed by atoms with Crippen molar-refractivity contribution in [1.29, 1.82) is 0 Å². The third kappa shape index (κ3) is 2.76. The van der Waals surface area contributed by atoms with Crippen molar-refractivity contribution in [2.24, 2.45) is 0 Å². The molecule has 4 nitrogen and oxygen atoms in total. The molecule has 2 rings (SSSR count). The second kappa shape index (κ2) is 4.59. The SMILES string of the molecule is O=S(=O)(O)c1ccc2ccccc2n1.[NaH]. The van der Waals surface area contributed by atoms with E-state index in [1.54, 1.807) is 18.2 Å². The van der Waals surface area contributed by atoms with Crippen LogP contribution in [-0.4, -0.2) is 47.5 Å². The van der Waals surface area contributed by atoms with E-state index in [4.69, 9.17) is 4.55 Å². The molecule has 0 bridgehead atoms. The van der Waals surface area contributed by atoms with E-state index < -0.39 is 10.1 Å². The Morgan fingerprint density at radius 1 is 1.07 bits per heavy atom. The topological polar surface area (TPSA) is 67.3 Å². The van der Waals surface area contributed by atoms with Crippen LogP contribution in [0.5, 0.6) is 0 Å². The zero-order chi connectivity index (χ0) is 10.2. The Bertz CT molecular complexity index is 583. The van der Waals surface area contributed by atoms with Crippen molar-refractivity contribution >= 4 is 50.6 Å². The predicted octanol–water partition coefficient (Wildman–Crippen LogP) is 0.833. The summed E-state index contributed by atoms with van der Waals surface area (Å²) in [5, 5.41) is 0.510. The van der Waals surface area contributed by atoms with Gasteiger partial charge in [0.05, 0.1) is 5.52 Å². The molecule has 0 atom stereocenters. The first kappa shape index (κ1) is 12.6. The van der Waals surface area contributed by atoms with Crippen molar-refractivity contribution in [2.75, 3.05) is 0 Å². The van der Waals surface area contributed by atoms with Crippen molar-refractivity contribution in [3.63, 3.8) is 0 Å². The Hall–Kier alpha value is -0.460. The Balaban J connectivity index is 0.00000112. The molecule has 1 aromatic heterocycles. The van der Waals surface area contributed by atoms with Gasteiger partial charge in [0.15, 0.2) is 5.03 Å². The van der Waals surface area contributed by atoms with Crippen LogP contribution in [0.1, 0.15) is 0 Å². The number of benzene rings is 1. The summed E-state index contributed by atoms with van der Waals surface area (Å²) in [7, 11) is -4.21. The van der Waals surface area contributed by atoms with E-state index in [1.165, 1.54) is 6.07 Å². The standard InChI is InChI=1S/C9H7NO3S.Na.H/c11-14(12,13)9-6-5-7-3-1-2-4-8(7)10-9;;/h1-6H,(H,11,12,13);;. The summed E-state index contributed by atoms with van der Waals surface area (Å²) in [4.78, 5) is 3.81. The zero-order valence-electron chi connectivity index (χ0n) is 7.08. The van der Waals surface area contributed by atoms with Crippen molar-refractivity contribution in [1.82, 2.24) is 4.98 Å². The van der Waals surface area contributed by atoms with Gasteiger partial charge in [-0.05, 0) is 18.2 Å². The van der Waals surface area contributed by atoms with Crippen molar-refractivity contribution < 1.29 is 13.0 Å². The van der Waals surface area contributed by atoms with Gasteiger partial charge in [0.2, 0.25) is 0 Å². The van der Waals surface area contributed by atoms with E-state index in [-0.39, 0.29) is 34.6 Å². The summed E-state index contributed by atoms with van der Waals surface area (Å²) < 4.78 is 30.3. The van der Waals surface area contributed by atoms with Crippen LogP contribution in [0.15, 0.2) is 41.4 Å². The molecule has 6 heteroatoms. The van der Waals surface area contributed by atoms with Crippen molar-refractivity contribution in [2.45, 2.75) is 5.03 Å². The summed E-state index contributed by atoms with van der Waals surface area (Å²) in [6.07, 6.45) is 0. The molecule has 0 fully saturated rings. The molecule has 0 aliphatic heterocycles. The molecule has 0 saturated carbocycles. The summed E-state index contributed by atoms with van der Waals surface area (Å²) in [5.41, 5.74) is 0.544. The summed E-state index contributed by atoms with van der Waals surface area (Å²) in [6, 6.07) is 9.96. The van der Waals surface area contributed by atoms with Crippen LogP contribution in [0.4, 0.5) is 0 Å². The van der Waals surface area contributed by atoms with E-state index in [0.717, 1.165) is 5.39 Å². The molecular formula is C9H8NNaO3S. The molecule has 1 N–H and O–H groups in total. The second-order valence-electron chi connectivity index (χ2n) is 2.82. The van der Waals surface area contributed by atoms with Gasteiger partial charge in [-0.1, -0.05) is 18.2 Å². The van der Waals surface area contributed by atoms with Gasteiger partial charge in [0.25, 0.3) is 0 Å². The Kier molecular flexibility index (Phi) is 3.86. The number of hydrogen-bond donors (Lipinski definition) is 1. The Labute approximate surface area is 109 Å². The maximum absolute atomic E-state index is 10.8. The van der Waals surface area contributed by atoms with Gasteiger partial charge in [0, 0.05) is 5.39 Å². The fourth-order valence-electron chi connectivity index (χ4n) is 1.19. The first-order valence-electron chi connectivity index (χ1n) is 3.91. The molecular weight excluding hydrogens is 225 g/mol. The van der Waals surface area contributed by atoms with Gasteiger partial charge >= 0.3 is 39.7 Å². The minimum atomic E-state index is -4.21. The molecule has 0 saturated heterocycles. The van der Waals surface area contributed by atoms with Gasteiger partial charge in [-0.25, -0.2) is 4.98 Å². The van der Waals surface area contributed by atoms with Crippen molar-refractivity contribution in [3.8, 4) is 0 Å². The van der Waals surface area contributed by atoms with Gasteiger partial charge in [-0.2, -0.15) is 8.42 Å². The number of para-hydroxylation sites is 1. The fraction of sp³-hybridized carbons (Fsp3) is 0. The molecule has 0 unspecified atom stereocenters. The first-order valence-corrected chi connectivity index (χ1v) is 5.35. The second-order valence-corrected chi connectivity index (χ2v) is 4.19. The number of pyridine rings is 1. The van der Waals surface area contributed by atoms with E-state index in [9.17, 15) is 8.42 Å². The Morgan fingerprint density at radius 3 is 2.40 bits per heavy atom. The molecule has 1 aromatic carbocycles. The van der Waals surface area contributed by atoms with Crippen LogP contribution in [-0.2, 0) is 10.1 Å². The molecule has 0 spiro atoms. The third-order valence-corrected chi connectivity index (χ3v) is 2.59. The van der Waals surface area contributed by atoms with Crippen LogP contribution in [0, 0.1) is 0 Å². The summed E-state index contributed by atoms with van der Waals surface area (Å²) in [5.74, 6) is 0. The molecule has 0 aliphatic carbocycles. The molecule has 0 amide bonds. The van der Waals surface area contributed by atoms with Crippen LogP contribution in [0.3, 0.4) is 0 Å². The van der Waals surface area contributed by atoms with Gasteiger partial charge in [-0.3, -0.25) is 4.55 Å². The van der Waals surface area contributed by atoms with E-state index in [2.05, 4.69) is 4.98 Å². The quantitative estimate of drug-likeness (QED) is 0.585. The van der Waals surface area contributed by atoms with Gasteiger partial charge in [-0.15, -0.1) is 0 Å². The van der Waals surface area contributed by atoms with Crippen LogP contribution in [0.25, 0.3) is 10.9 Å². The Morgan fingerprint density at radius 2 is 1.73 bits per heavy atom. The average molecular weight is 233 g/mol. The molecule has 0 radical (unpaired) electrons. The monoisotopic (exact) mass is 233 g/mol. The molecule has 2 aromatic rings. The normalized spacial score (nSPS) is 11.0. The minimum absolute atomic E-state index is 0. The molecule has 15 heavy (non-hydrogen) atoms. The molecule has 1 heterocycles. The third-order valence-electron chi connectivity index (χ3n) is 1.84. The number of hydrogen-bond acceptors (Lipinski definition) is 3. The first-order chi connectivity index (χ1) is 6.57. The van der Waals surface area contributed by atoms with Gasteiger partial charge < -0.3 is 0 Å². The predicted molar refractivity (Wildman–Crippen MR) is 58.7 cm³/mol. The zero-order valence-corrected chi connectivity index (χ0v) is 7.90. The number of rotatable bonds is 1. The van der Waals surface area contributed by atoms with E-state index in [1.807, 2.05) is 12.1 Å². The number of fused-ring (bicyclic) bond motifs is 1. The maximum atomic E-state index is 10.8. The van der Waals surface area contributed by atoms with E-state index >= 15 is 0 Å². The molecule has 74 valence electrons. The van der Waals surface area contributed by atoms with Crippen LogP contribution in [0.2, 0.25) is 0 Å². The average Bonchev–Trinajstić information content (AvgIpc) is 2.16. The molecule has 0 aliphatic rings. The fourth-order valence-corrected chi connectivity index (χ4v) is 1.64. The van der Waals surface area contributed by atoms with E-state index in [0.29, 0.717) is 5.52 Å². The number of nitrogens with zero attached hydrogens (tertiary/aromatic N) is 1. The summed E-state index contributed by atoms with van der Waals surface area (Å²) in [6.45, 7) is 0.